The molecule has 2 aromatic carbocycles. The summed E-state index contributed by atoms with van der Waals surface area (Å²) in [5, 5.41) is 6.58. The van der Waals surface area contributed by atoms with Crippen LogP contribution in [0.15, 0.2) is 53.2 Å². The number of ether oxygens (including phenoxy) is 2. The molecule has 0 saturated carbocycles. The number of carbonyl (C=O) groups is 1. The van der Waals surface area contributed by atoms with Gasteiger partial charge in [-0.05, 0) is 43.2 Å². The monoisotopic (exact) mass is 517 g/mol. The van der Waals surface area contributed by atoms with Crippen molar-refractivity contribution in [3.8, 4) is 22.6 Å². The molecular formula is C26H23F4N3O4. The summed E-state index contributed by atoms with van der Waals surface area (Å²) in [4.78, 5) is 16.8. The van der Waals surface area contributed by atoms with Crippen molar-refractivity contribution in [3.63, 3.8) is 0 Å². The van der Waals surface area contributed by atoms with Crippen LogP contribution in [0.4, 0.5) is 23.4 Å². The van der Waals surface area contributed by atoms with Crippen molar-refractivity contribution in [2.75, 3.05) is 19.5 Å². The molecule has 0 aliphatic heterocycles. The summed E-state index contributed by atoms with van der Waals surface area (Å²) in [5.41, 5.74) is -0.330. The van der Waals surface area contributed by atoms with Crippen molar-refractivity contribution in [3.05, 3.63) is 65.8 Å². The van der Waals surface area contributed by atoms with Gasteiger partial charge >= 0.3 is 6.18 Å². The Bertz CT molecular complexity index is 1460. The van der Waals surface area contributed by atoms with E-state index in [9.17, 15) is 22.4 Å². The lowest BCUT2D eigenvalue weighted by atomic mass is 9.89. The lowest BCUT2D eigenvalue weighted by Gasteiger charge is -2.24. The summed E-state index contributed by atoms with van der Waals surface area (Å²) in [6, 6.07) is 10.7. The Morgan fingerprint density at radius 1 is 1.00 bits per heavy atom. The first-order chi connectivity index (χ1) is 17.4. The predicted molar refractivity (Wildman–Crippen MR) is 128 cm³/mol. The summed E-state index contributed by atoms with van der Waals surface area (Å²) in [6.45, 7) is 1.88. The van der Waals surface area contributed by atoms with Gasteiger partial charge in [0.1, 0.15) is 11.2 Å². The molecule has 4 aromatic rings. The number of nitrogens with zero attached hydrogens (tertiary/aromatic N) is 2. The molecule has 194 valence electrons. The first-order valence-electron chi connectivity index (χ1n) is 11.1. The summed E-state index contributed by atoms with van der Waals surface area (Å²) in [7, 11) is 3.05. The molecule has 0 aliphatic rings. The number of amides is 1. The minimum absolute atomic E-state index is 0.0979. The minimum Gasteiger partial charge on any atom is -0.493 e. The van der Waals surface area contributed by atoms with Crippen LogP contribution in [0.5, 0.6) is 11.5 Å². The van der Waals surface area contributed by atoms with E-state index in [2.05, 4.69) is 15.5 Å². The molecular weight excluding hydrogens is 494 g/mol. The Morgan fingerprint density at radius 2 is 1.70 bits per heavy atom. The van der Waals surface area contributed by atoms with Crippen LogP contribution in [0.3, 0.4) is 0 Å². The normalized spacial score (nSPS) is 12.0. The third-order valence-corrected chi connectivity index (χ3v) is 6.03. The highest BCUT2D eigenvalue weighted by atomic mass is 19.4. The highest BCUT2D eigenvalue weighted by molar-refractivity contribution is 5.91. The van der Waals surface area contributed by atoms with E-state index in [1.54, 1.807) is 24.4 Å². The average molecular weight is 517 g/mol. The van der Waals surface area contributed by atoms with Gasteiger partial charge in [-0.15, -0.1) is 0 Å². The molecule has 0 aliphatic carbocycles. The molecule has 0 saturated heterocycles. The van der Waals surface area contributed by atoms with Crippen molar-refractivity contribution in [2.45, 2.75) is 31.9 Å². The van der Waals surface area contributed by atoms with E-state index >= 15 is 0 Å². The van der Waals surface area contributed by atoms with Gasteiger partial charge in [0.2, 0.25) is 5.91 Å². The van der Waals surface area contributed by atoms with Crippen molar-refractivity contribution in [2.24, 2.45) is 0 Å². The van der Waals surface area contributed by atoms with Crippen LogP contribution in [0, 0.1) is 5.82 Å². The number of aromatic nitrogens is 2. The number of rotatable bonds is 7. The maximum atomic E-state index is 14.9. The number of carbonyl (C=O) groups excluding carboxylic acids is 1. The molecule has 4 rings (SSSR count). The number of pyridine rings is 1. The largest absolute Gasteiger partial charge is 0.493 e. The zero-order valence-electron chi connectivity index (χ0n) is 20.4. The second-order valence-corrected chi connectivity index (χ2v) is 8.85. The number of anilines is 1. The molecule has 0 atom stereocenters. The van der Waals surface area contributed by atoms with Gasteiger partial charge in [-0.25, -0.2) is 4.39 Å². The fourth-order valence-corrected chi connectivity index (χ4v) is 3.61. The average Bonchev–Trinajstić information content (AvgIpc) is 3.32. The van der Waals surface area contributed by atoms with E-state index in [0.29, 0.717) is 28.1 Å². The van der Waals surface area contributed by atoms with Crippen molar-refractivity contribution >= 4 is 22.6 Å². The highest BCUT2D eigenvalue weighted by Crippen LogP contribution is 2.41. The number of hydrogen-bond donors (Lipinski definition) is 1. The molecule has 11 heteroatoms. The molecule has 2 aromatic heterocycles. The van der Waals surface area contributed by atoms with Crippen LogP contribution >= 0.6 is 0 Å². The summed E-state index contributed by atoms with van der Waals surface area (Å²) in [6.07, 6.45) is -3.33. The third kappa shape index (κ3) is 5.20. The quantitative estimate of drug-likeness (QED) is 0.300. The van der Waals surface area contributed by atoms with Crippen LogP contribution in [0.25, 0.3) is 22.0 Å². The van der Waals surface area contributed by atoms with Gasteiger partial charge in [-0.3, -0.25) is 9.78 Å². The zero-order valence-corrected chi connectivity index (χ0v) is 20.4. The maximum Gasteiger partial charge on any atom is 0.401 e. The molecule has 7 nitrogen and oxygen atoms in total. The number of nitrogens with one attached hydrogen (secondary N) is 1. The number of halogens is 4. The second-order valence-electron chi connectivity index (χ2n) is 8.85. The standard InChI is InChI=1S/C26H23F4N3O4/c1-25(2,26(28,29)30)22-12-23(33-37-22)32-24(34)10-15-6-5-14(8-18(15)27)17-7-16-9-20(35-3)21(36-4)11-19(16)31-13-17/h5-9,11-13H,10H2,1-4H3,(H,32,33,34). The molecule has 0 bridgehead atoms. The third-order valence-electron chi connectivity index (χ3n) is 6.03. The molecule has 1 N–H and O–H groups in total. The van der Waals surface area contributed by atoms with Gasteiger partial charge in [0.05, 0.1) is 26.2 Å². The van der Waals surface area contributed by atoms with Gasteiger partial charge in [0, 0.05) is 29.3 Å². The lowest BCUT2D eigenvalue weighted by Crippen LogP contribution is -2.35. The van der Waals surface area contributed by atoms with Crippen molar-refractivity contribution in [1.82, 2.24) is 10.1 Å². The van der Waals surface area contributed by atoms with Gasteiger partial charge in [-0.2, -0.15) is 13.2 Å². The maximum absolute atomic E-state index is 14.9. The fourth-order valence-electron chi connectivity index (χ4n) is 3.61. The highest BCUT2D eigenvalue weighted by Gasteiger charge is 2.51. The SMILES string of the molecule is COc1cc2cc(-c3ccc(CC(=O)Nc4cc(C(C)(C)C(F)(F)F)on4)c(F)c3)cnc2cc1OC. The summed E-state index contributed by atoms with van der Waals surface area (Å²) in [5.74, 6) is -0.865. The fraction of sp³-hybridized carbons (Fsp3) is 0.269. The summed E-state index contributed by atoms with van der Waals surface area (Å²) < 4.78 is 69.8. The van der Waals surface area contributed by atoms with E-state index in [-0.39, 0.29) is 17.8 Å². The smallest absolute Gasteiger partial charge is 0.401 e. The molecule has 1 amide bonds. The van der Waals surface area contributed by atoms with E-state index < -0.39 is 29.1 Å². The molecule has 0 radical (unpaired) electrons. The lowest BCUT2D eigenvalue weighted by molar-refractivity contribution is -0.185. The molecule has 0 fully saturated rings. The van der Waals surface area contributed by atoms with Gasteiger partial charge < -0.3 is 19.3 Å². The number of hydrogen-bond acceptors (Lipinski definition) is 6. The Labute approximate surface area is 209 Å². The topological polar surface area (TPSA) is 86.5 Å². The Balaban J connectivity index is 1.49. The van der Waals surface area contributed by atoms with Crippen LogP contribution in [0.1, 0.15) is 25.2 Å². The molecule has 37 heavy (non-hydrogen) atoms. The first kappa shape index (κ1) is 25.9. The number of benzene rings is 2. The zero-order chi connectivity index (χ0) is 27.0. The van der Waals surface area contributed by atoms with Gasteiger partial charge in [0.15, 0.2) is 23.1 Å². The number of alkyl halides is 3. The van der Waals surface area contributed by atoms with Crippen LogP contribution in [-0.4, -0.2) is 36.4 Å². The second kappa shape index (κ2) is 9.72. The van der Waals surface area contributed by atoms with E-state index in [0.717, 1.165) is 25.3 Å². The van der Waals surface area contributed by atoms with Crippen molar-refractivity contribution in [1.29, 1.82) is 0 Å². The Morgan fingerprint density at radius 3 is 2.35 bits per heavy atom. The van der Waals surface area contributed by atoms with Crippen LogP contribution in [-0.2, 0) is 16.6 Å². The molecule has 0 unspecified atom stereocenters. The van der Waals surface area contributed by atoms with Gasteiger partial charge in [0.25, 0.3) is 0 Å². The Kier molecular flexibility index (Phi) is 6.81. The Hall–Kier alpha value is -4.15. The predicted octanol–water partition coefficient (Wildman–Crippen LogP) is 6.07. The van der Waals surface area contributed by atoms with E-state index in [4.69, 9.17) is 14.0 Å². The van der Waals surface area contributed by atoms with Crippen LogP contribution in [0.2, 0.25) is 0 Å². The van der Waals surface area contributed by atoms with E-state index in [1.165, 1.54) is 26.4 Å². The van der Waals surface area contributed by atoms with E-state index in [1.807, 2.05) is 6.07 Å². The first-order valence-corrected chi connectivity index (χ1v) is 11.1. The number of methoxy groups -OCH3 is 2. The number of fused-ring (bicyclic) bond motifs is 1. The minimum atomic E-state index is -4.57. The molecule has 0 spiro atoms. The van der Waals surface area contributed by atoms with Gasteiger partial charge in [-0.1, -0.05) is 17.3 Å². The molecule has 2 heterocycles. The summed E-state index contributed by atoms with van der Waals surface area (Å²) >= 11 is 0. The van der Waals surface area contributed by atoms with Crippen molar-refractivity contribution < 1.29 is 36.4 Å². The van der Waals surface area contributed by atoms with Crippen LogP contribution < -0.4 is 14.8 Å².